The van der Waals surface area contributed by atoms with Crippen LogP contribution in [-0.2, 0) is 4.79 Å². The molecule has 0 aliphatic rings. The normalized spacial score (nSPS) is 11.6. The Balaban J connectivity index is 2.01. The highest BCUT2D eigenvalue weighted by atomic mass is 16.5. The van der Waals surface area contributed by atoms with E-state index in [9.17, 15) is 4.79 Å². The summed E-state index contributed by atoms with van der Waals surface area (Å²) in [5, 5.41) is 2.84. The fourth-order valence-corrected chi connectivity index (χ4v) is 1.96. The van der Waals surface area contributed by atoms with E-state index < -0.39 is 6.10 Å². The molecule has 0 radical (unpaired) electrons. The lowest BCUT2D eigenvalue weighted by Gasteiger charge is -2.16. The number of benzene rings is 2. The number of carbonyl (C=O) groups excluding carboxylic acids is 1. The van der Waals surface area contributed by atoms with Gasteiger partial charge in [0.1, 0.15) is 11.5 Å². The minimum atomic E-state index is -0.600. The van der Waals surface area contributed by atoms with Crippen LogP contribution in [0.4, 0.5) is 5.69 Å². The van der Waals surface area contributed by atoms with Crippen molar-refractivity contribution in [2.24, 2.45) is 0 Å². The maximum Gasteiger partial charge on any atom is 0.265 e. The largest absolute Gasteiger partial charge is 0.492 e. The lowest BCUT2D eigenvalue weighted by atomic mass is 10.2. The summed E-state index contributed by atoms with van der Waals surface area (Å²) in [6, 6.07) is 15.0. The molecule has 0 aromatic heterocycles. The topological polar surface area (TPSA) is 47.6 Å². The third kappa shape index (κ3) is 4.25. The highest BCUT2D eigenvalue weighted by Gasteiger charge is 2.16. The maximum absolute atomic E-state index is 12.2. The predicted molar refractivity (Wildman–Crippen MR) is 87.5 cm³/mol. The molecule has 2 aromatic carbocycles. The van der Waals surface area contributed by atoms with Crippen molar-refractivity contribution in [2.45, 2.75) is 26.9 Å². The third-order valence-corrected chi connectivity index (χ3v) is 3.15. The van der Waals surface area contributed by atoms with Crippen molar-refractivity contribution in [1.29, 1.82) is 0 Å². The molecule has 1 atom stereocenters. The molecule has 4 heteroatoms. The Labute approximate surface area is 131 Å². The van der Waals surface area contributed by atoms with Crippen molar-refractivity contribution >= 4 is 11.6 Å². The molecule has 0 spiro atoms. The number of hydrogen-bond donors (Lipinski definition) is 1. The maximum atomic E-state index is 12.2. The van der Waals surface area contributed by atoms with E-state index in [2.05, 4.69) is 5.32 Å². The van der Waals surface area contributed by atoms with Crippen LogP contribution in [0.2, 0.25) is 0 Å². The molecule has 0 saturated carbocycles. The number of para-hydroxylation sites is 2. The SMILES string of the molecule is CCOc1ccccc1NC(=O)C(C)Oc1ccc(C)cc1. The molecule has 4 nitrogen and oxygen atoms in total. The summed E-state index contributed by atoms with van der Waals surface area (Å²) < 4.78 is 11.1. The average molecular weight is 299 g/mol. The van der Waals surface area contributed by atoms with Crippen molar-refractivity contribution in [1.82, 2.24) is 0 Å². The second kappa shape index (κ2) is 7.50. The molecule has 0 aliphatic heterocycles. The first-order chi connectivity index (χ1) is 10.6. The fourth-order valence-electron chi connectivity index (χ4n) is 1.96. The molecule has 2 rings (SSSR count). The van der Waals surface area contributed by atoms with Gasteiger partial charge < -0.3 is 14.8 Å². The van der Waals surface area contributed by atoms with Gasteiger partial charge in [-0.3, -0.25) is 4.79 Å². The first kappa shape index (κ1) is 15.9. The minimum absolute atomic E-state index is 0.215. The molecule has 22 heavy (non-hydrogen) atoms. The Hall–Kier alpha value is -2.49. The van der Waals surface area contributed by atoms with E-state index in [1.54, 1.807) is 6.92 Å². The lowest BCUT2D eigenvalue weighted by molar-refractivity contribution is -0.122. The molecular formula is C18H21NO3. The zero-order chi connectivity index (χ0) is 15.9. The van der Waals surface area contributed by atoms with Gasteiger partial charge >= 0.3 is 0 Å². The number of anilines is 1. The summed E-state index contributed by atoms with van der Waals surface area (Å²) in [5.41, 5.74) is 1.80. The van der Waals surface area contributed by atoms with Gasteiger partial charge in [0.15, 0.2) is 6.10 Å². The first-order valence-corrected chi connectivity index (χ1v) is 7.36. The summed E-state index contributed by atoms with van der Waals surface area (Å²) in [7, 11) is 0. The first-order valence-electron chi connectivity index (χ1n) is 7.36. The monoisotopic (exact) mass is 299 g/mol. The van der Waals surface area contributed by atoms with Gasteiger partial charge in [-0.2, -0.15) is 0 Å². The fraction of sp³-hybridized carbons (Fsp3) is 0.278. The number of carbonyl (C=O) groups is 1. The Kier molecular flexibility index (Phi) is 5.42. The number of hydrogen-bond acceptors (Lipinski definition) is 3. The van der Waals surface area contributed by atoms with Crippen LogP contribution in [0.5, 0.6) is 11.5 Å². The summed E-state index contributed by atoms with van der Waals surface area (Å²) in [5.74, 6) is 1.11. The van der Waals surface area contributed by atoms with Crippen molar-refractivity contribution in [2.75, 3.05) is 11.9 Å². The van der Waals surface area contributed by atoms with Crippen LogP contribution in [0, 0.1) is 6.92 Å². The van der Waals surface area contributed by atoms with E-state index in [-0.39, 0.29) is 5.91 Å². The molecule has 2 aromatic rings. The van der Waals surface area contributed by atoms with Crippen LogP contribution in [0.1, 0.15) is 19.4 Å². The Morgan fingerprint density at radius 2 is 1.82 bits per heavy atom. The molecule has 116 valence electrons. The second-order valence-corrected chi connectivity index (χ2v) is 4.99. The zero-order valence-electron chi connectivity index (χ0n) is 13.1. The summed E-state index contributed by atoms with van der Waals surface area (Å²) in [6.07, 6.45) is -0.600. The van der Waals surface area contributed by atoms with Crippen LogP contribution in [0.25, 0.3) is 0 Å². The molecule has 0 aliphatic carbocycles. The van der Waals surface area contributed by atoms with Gasteiger partial charge in [0.05, 0.1) is 12.3 Å². The van der Waals surface area contributed by atoms with Crippen LogP contribution < -0.4 is 14.8 Å². The van der Waals surface area contributed by atoms with E-state index in [4.69, 9.17) is 9.47 Å². The van der Waals surface area contributed by atoms with Crippen LogP contribution in [0.3, 0.4) is 0 Å². The molecule has 1 N–H and O–H groups in total. The standard InChI is InChI=1S/C18H21NO3/c1-4-21-17-8-6-5-7-16(17)19-18(20)14(3)22-15-11-9-13(2)10-12-15/h5-12,14H,4H2,1-3H3,(H,19,20). The highest BCUT2D eigenvalue weighted by Crippen LogP contribution is 2.24. The number of rotatable bonds is 6. The van der Waals surface area contributed by atoms with Crippen LogP contribution in [-0.4, -0.2) is 18.6 Å². The van der Waals surface area contributed by atoms with E-state index >= 15 is 0 Å². The van der Waals surface area contributed by atoms with Crippen LogP contribution >= 0.6 is 0 Å². The Bertz CT molecular complexity index is 622. The van der Waals surface area contributed by atoms with E-state index in [0.29, 0.717) is 23.8 Å². The quantitative estimate of drug-likeness (QED) is 0.882. The molecule has 0 bridgehead atoms. The predicted octanol–water partition coefficient (Wildman–Crippen LogP) is 3.80. The third-order valence-electron chi connectivity index (χ3n) is 3.15. The molecule has 1 amide bonds. The van der Waals surface area contributed by atoms with E-state index in [1.165, 1.54) is 0 Å². The molecular weight excluding hydrogens is 278 g/mol. The zero-order valence-corrected chi connectivity index (χ0v) is 13.1. The van der Waals surface area contributed by atoms with E-state index in [1.807, 2.05) is 62.4 Å². The smallest absolute Gasteiger partial charge is 0.265 e. The van der Waals surface area contributed by atoms with Gasteiger partial charge in [-0.05, 0) is 45.0 Å². The number of nitrogens with one attached hydrogen (secondary N) is 1. The van der Waals surface area contributed by atoms with Crippen molar-refractivity contribution in [3.05, 3.63) is 54.1 Å². The van der Waals surface area contributed by atoms with E-state index in [0.717, 1.165) is 5.56 Å². The van der Waals surface area contributed by atoms with Crippen molar-refractivity contribution < 1.29 is 14.3 Å². The Morgan fingerprint density at radius 1 is 1.14 bits per heavy atom. The Morgan fingerprint density at radius 3 is 2.50 bits per heavy atom. The van der Waals surface area contributed by atoms with Gasteiger partial charge in [0, 0.05) is 0 Å². The molecule has 0 saturated heterocycles. The minimum Gasteiger partial charge on any atom is -0.492 e. The summed E-state index contributed by atoms with van der Waals surface area (Å²) in [6.45, 7) is 6.17. The van der Waals surface area contributed by atoms with Crippen molar-refractivity contribution in [3.63, 3.8) is 0 Å². The van der Waals surface area contributed by atoms with Gasteiger partial charge in [0.25, 0.3) is 5.91 Å². The van der Waals surface area contributed by atoms with Crippen molar-refractivity contribution in [3.8, 4) is 11.5 Å². The van der Waals surface area contributed by atoms with Gasteiger partial charge in [0.2, 0.25) is 0 Å². The number of aryl methyl sites for hydroxylation is 1. The number of amides is 1. The van der Waals surface area contributed by atoms with Gasteiger partial charge in [-0.1, -0.05) is 29.8 Å². The average Bonchev–Trinajstić information content (AvgIpc) is 2.51. The molecule has 1 unspecified atom stereocenters. The second-order valence-electron chi connectivity index (χ2n) is 4.99. The molecule has 0 fully saturated rings. The molecule has 0 heterocycles. The summed E-state index contributed by atoms with van der Waals surface area (Å²) in [4.78, 5) is 12.2. The van der Waals surface area contributed by atoms with Gasteiger partial charge in [-0.25, -0.2) is 0 Å². The van der Waals surface area contributed by atoms with Crippen LogP contribution in [0.15, 0.2) is 48.5 Å². The van der Waals surface area contributed by atoms with Gasteiger partial charge in [-0.15, -0.1) is 0 Å². The number of ether oxygens (including phenoxy) is 2. The summed E-state index contributed by atoms with van der Waals surface area (Å²) >= 11 is 0. The lowest BCUT2D eigenvalue weighted by Crippen LogP contribution is -2.30. The highest BCUT2D eigenvalue weighted by molar-refractivity contribution is 5.95.